The molecule has 1 unspecified atom stereocenters. The molecule has 0 radical (unpaired) electrons. The third kappa shape index (κ3) is 13.9. The van der Waals surface area contributed by atoms with Crippen LogP contribution >= 0.6 is 0 Å². The molecule has 9 rings (SSSR count). The van der Waals surface area contributed by atoms with Crippen molar-refractivity contribution in [2.75, 3.05) is 33.2 Å². The molecule has 7 N–H and O–H groups in total. The van der Waals surface area contributed by atoms with Crippen LogP contribution in [0.4, 0.5) is 9.59 Å². The molecule has 19 heteroatoms. The zero-order valence-electron chi connectivity index (χ0n) is 46.8. The third-order valence-corrected chi connectivity index (χ3v) is 16.3. The van der Waals surface area contributed by atoms with Gasteiger partial charge in [-0.15, -0.1) is 0 Å². The van der Waals surface area contributed by atoms with Crippen LogP contribution in [0.2, 0.25) is 0 Å². The van der Waals surface area contributed by atoms with E-state index in [1.54, 1.807) is 40.5 Å². The molecule has 0 saturated carbocycles. The third-order valence-electron chi connectivity index (χ3n) is 16.3. The minimum atomic E-state index is -1.14. The molecule has 0 aliphatic carbocycles. The maximum absolute atomic E-state index is 14.7. The Bertz CT molecular complexity index is 2970. The molecule has 430 valence electrons. The highest BCUT2D eigenvalue weighted by molar-refractivity contribution is 5.95. The summed E-state index contributed by atoms with van der Waals surface area (Å²) in [7, 11) is 1.64. The van der Waals surface area contributed by atoms with Crippen LogP contribution < -0.4 is 37.2 Å². The van der Waals surface area contributed by atoms with Crippen LogP contribution in [0.1, 0.15) is 104 Å². The minimum absolute atomic E-state index is 0.101. The van der Waals surface area contributed by atoms with Gasteiger partial charge in [0.1, 0.15) is 24.2 Å². The van der Waals surface area contributed by atoms with E-state index < -0.39 is 72.1 Å². The number of nitrogens with one attached hydrogen (secondary N) is 7. The van der Waals surface area contributed by atoms with Gasteiger partial charge in [-0.25, -0.2) is 9.59 Å². The zero-order chi connectivity index (χ0) is 57.7. The highest BCUT2D eigenvalue weighted by Crippen LogP contribution is 2.33. The lowest BCUT2D eigenvalue weighted by molar-refractivity contribution is -0.145. The number of nitrogens with zero attached hydrogens (tertiary/aromatic N) is 4. The molecule has 4 saturated heterocycles. The van der Waals surface area contributed by atoms with E-state index >= 15 is 0 Å². The number of carbonyl (C=O) groups is 8. The van der Waals surface area contributed by atoms with Crippen molar-refractivity contribution in [3.8, 4) is 0 Å². The lowest BCUT2D eigenvalue weighted by atomic mass is 9.98. The number of amides is 10. The van der Waals surface area contributed by atoms with Crippen molar-refractivity contribution in [1.82, 2.24) is 56.8 Å². The summed E-state index contributed by atoms with van der Waals surface area (Å²) in [6, 6.07) is 39.1. The van der Waals surface area contributed by atoms with Gasteiger partial charge in [-0.2, -0.15) is 0 Å². The molecule has 5 aromatic rings. The predicted molar refractivity (Wildman–Crippen MR) is 309 cm³/mol. The lowest BCUT2D eigenvalue weighted by Gasteiger charge is -2.39. The average Bonchev–Trinajstić information content (AvgIpc) is 4.36. The van der Waals surface area contributed by atoms with E-state index in [1.165, 1.54) is 0 Å². The van der Waals surface area contributed by atoms with Crippen molar-refractivity contribution in [3.05, 3.63) is 179 Å². The van der Waals surface area contributed by atoms with Crippen molar-refractivity contribution < 1.29 is 38.4 Å². The number of urea groups is 2. The van der Waals surface area contributed by atoms with Crippen molar-refractivity contribution in [2.24, 2.45) is 0 Å². The summed E-state index contributed by atoms with van der Waals surface area (Å²) in [4.78, 5) is 119. The Morgan fingerprint density at radius 3 is 1.28 bits per heavy atom. The second-order valence-electron chi connectivity index (χ2n) is 21.7. The number of carbonyl (C=O) groups excluding carboxylic acids is 8. The van der Waals surface area contributed by atoms with Crippen molar-refractivity contribution in [1.29, 1.82) is 0 Å². The largest absolute Gasteiger partial charge is 0.343 e. The predicted octanol–water partition coefficient (Wildman–Crippen LogP) is 5.04. The van der Waals surface area contributed by atoms with E-state index in [2.05, 4.69) is 37.2 Å². The Kier molecular flexibility index (Phi) is 19.3. The lowest BCUT2D eigenvalue weighted by Crippen LogP contribution is -2.63. The van der Waals surface area contributed by atoms with Crippen LogP contribution in [0.25, 0.3) is 0 Å². The summed E-state index contributed by atoms with van der Waals surface area (Å²) in [6.45, 7) is 3.90. The van der Waals surface area contributed by atoms with E-state index in [0.717, 1.165) is 33.4 Å². The second kappa shape index (κ2) is 27.3. The molecule has 4 fully saturated rings. The second-order valence-corrected chi connectivity index (χ2v) is 21.7. The monoisotopic (exact) mass is 1110 g/mol. The fourth-order valence-corrected chi connectivity index (χ4v) is 11.8. The SMILES string of the molecule is CCC(=O)N[C@H]1CN(C(=O)NCc2cccc(CNC(=O)N3CC[C@H]4CC[C@@H](C(=O)NC(c5ccccc5)c5ccccc5)N4C(=O)[C@@H](NC(=O)[C@H](C)NC)C3)c2)CC[C@H]2CCC(C(=O)NC(c3ccccc3)c3ccccc3)N2C1=O. The van der Waals surface area contributed by atoms with Gasteiger partial charge in [-0.3, -0.25) is 28.8 Å². The maximum atomic E-state index is 14.7. The van der Waals surface area contributed by atoms with Crippen LogP contribution in [0, 0.1) is 0 Å². The summed E-state index contributed by atoms with van der Waals surface area (Å²) < 4.78 is 0. The zero-order valence-corrected chi connectivity index (χ0v) is 46.8. The number of rotatable bonds is 17. The molecule has 82 heavy (non-hydrogen) atoms. The van der Waals surface area contributed by atoms with Crippen LogP contribution in [-0.4, -0.2) is 143 Å². The number of likely N-dealkylation sites (N-methyl/N-ethyl adjacent to an activating group) is 1. The fraction of sp³-hybridized carbons (Fsp3) is 0.397. The van der Waals surface area contributed by atoms with E-state index in [9.17, 15) is 38.4 Å². The standard InChI is InChI=1S/C63H75N11O8/c1-4-54(75)67-50-39-71(34-32-48-28-30-52(73(48)60(50)79)58(77)69-55(44-20-9-5-10-21-44)45-22-11-6-12-23-45)62(81)65-37-42-18-17-19-43(36-42)38-66-63(82)72-35-33-49-29-31-53(74(49)61(80)51(40-72)68-57(76)41(2)64-3)59(78)70-56(46-24-13-7-14-25-46)47-26-15-8-16-27-47/h5-27,36,41,48-53,55-56,64H,4,28-35,37-40H2,1-3H3,(H,65,81)(H,66,82)(H,67,75)(H,68,76)(H,69,77)(H,70,78)/t41-,48+,49+,50-,51-,52?,53-/m0/s1. The molecule has 7 atom stereocenters. The topological polar surface area (TPSA) is 234 Å². The van der Waals surface area contributed by atoms with E-state index in [1.807, 2.05) is 146 Å². The van der Waals surface area contributed by atoms with Gasteiger partial charge in [0.25, 0.3) is 0 Å². The van der Waals surface area contributed by atoms with Crippen LogP contribution in [0.3, 0.4) is 0 Å². The van der Waals surface area contributed by atoms with E-state index in [-0.39, 0.29) is 75.5 Å². The summed E-state index contributed by atoms with van der Waals surface area (Å²) >= 11 is 0. The van der Waals surface area contributed by atoms with Crippen LogP contribution in [0.5, 0.6) is 0 Å². The van der Waals surface area contributed by atoms with Crippen molar-refractivity contribution in [3.63, 3.8) is 0 Å². The Balaban J connectivity index is 0.821. The fourth-order valence-electron chi connectivity index (χ4n) is 11.8. The summed E-state index contributed by atoms with van der Waals surface area (Å²) in [6.07, 6.45) is 2.90. The van der Waals surface area contributed by atoms with Gasteiger partial charge < -0.3 is 56.8 Å². The van der Waals surface area contributed by atoms with Gasteiger partial charge in [-0.05, 0) is 85.9 Å². The molecule has 19 nitrogen and oxygen atoms in total. The quantitative estimate of drug-likeness (QED) is 0.0661. The maximum Gasteiger partial charge on any atom is 0.317 e. The first kappa shape index (κ1) is 58.1. The van der Waals surface area contributed by atoms with Crippen LogP contribution in [-0.2, 0) is 41.9 Å². The molecule has 0 bridgehead atoms. The molecular weight excluding hydrogens is 1040 g/mol. The van der Waals surface area contributed by atoms with Gasteiger partial charge in [0.2, 0.25) is 35.4 Å². The first-order valence-corrected chi connectivity index (χ1v) is 28.6. The molecule has 4 heterocycles. The van der Waals surface area contributed by atoms with Gasteiger partial charge >= 0.3 is 12.1 Å². The first-order chi connectivity index (χ1) is 39.8. The Hall–Kier alpha value is -8.58. The molecule has 0 aromatic heterocycles. The Morgan fingerprint density at radius 2 is 0.902 bits per heavy atom. The smallest absolute Gasteiger partial charge is 0.317 e. The Morgan fingerprint density at radius 1 is 0.512 bits per heavy atom. The van der Waals surface area contributed by atoms with Gasteiger partial charge in [0, 0.05) is 44.7 Å². The van der Waals surface area contributed by atoms with Gasteiger partial charge in [0.15, 0.2) is 0 Å². The first-order valence-electron chi connectivity index (χ1n) is 28.6. The molecule has 10 amide bonds. The molecule has 4 aliphatic rings. The average molecular weight is 1110 g/mol. The number of hydrogen-bond acceptors (Lipinski definition) is 9. The summed E-state index contributed by atoms with van der Waals surface area (Å²) in [5.41, 5.74) is 5.08. The van der Waals surface area contributed by atoms with Crippen LogP contribution in [0.15, 0.2) is 146 Å². The van der Waals surface area contributed by atoms with E-state index in [4.69, 9.17) is 0 Å². The normalized spacial score (nSPS) is 21.2. The highest BCUT2D eigenvalue weighted by atomic mass is 16.2. The summed E-state index contributed by atoms with van der Waals surface area (Å²) in [5, 5.41) is 21.1. The highest BCUT2D eigenvalue weighted by Gasteiger charge is 2.48. The number of benzene rings is 5. The Labute approximate surface area is 479 Å². The van der Waals surface area contributed by atoms with Gasteiger partial charge in [-0.1, -0.05) is 153 Å². The molecule has 4 aliphatic heterocycles. The number of hydrogen-bond donors (Lipinski definition) is 7. The van der Waals surface area contributed by atoms with E-state index in [0.29, 0.717) is 38.5 Å². The summed E-state index contributed by atoms with van der Waals surface area (Å²) in [5.74, 6) is -2.21. The van der Waals surface area contributed by atoms with Crippen molar-refractivity contribution in [2.45, 2.75) is 126 Å². The van der Waals surface area contributed by atoms with Gasteiger partial charge in [0.05, 0.1) is 31.2 Å². The number of fused-ring (bicyclic) bond motifs is 2. The molecule has 0 spiro atoms. The molecular formula is C63H75N11O8. The van der Waals surface area contributed by atoms with Crippen molar-refractivity contribution >= 4 is 47.5 Å². The molecule has 5 aromatic carbocycles. The minimum Gasteiger partial charge on any atom is -0.343 e.